The van der Waals surface area contributed by atoms with Crippen LogP contribution in [0.25, 0.3) is 0 Å². The average molecular weight is 154 g/mol. The quantitative estimate of drug-likeness (QED) is 0.437. The first-order valence-electron chi connectivity index (χ1n) is 3.91. The molecule has 0 saturated heterocycles. The summed E-state index contributed by atoms with van der Waals surface area (Å²) in [6.07, 6.45) is 4.29. The van der Waals surface area contributed by atoms with Crippen LogP contribution in [0.1, 0.15) is 19.3 Å². The Labute approximate surface area is 67.1 Å². The summed E-state index contributed by atoms with van der Waals surface area (Å²) in [5.41, 5.74) is 0. The van der Waals surface area contributed by atoms with Crippen molar-refractivity contribution >= 4 is 12.0 Å². The zero-order valence-electron chi connectivity index (χ0n) is 7.08. The molecule has 0 aromatic heterocycles. The van der Waals surface area contributed by atoms with Crippen LogP contribution in [0, 0.1) is 5.92 Å². The largest absolute Gasteiger partial charge is 0.303 e. The lowest BCUT2D eigenvalue weighted by molar-refractivity contribution is -0.117. The molecule has 1 saturated carbocycles. The van der Waals surface area contributed by atoms with Crippen molar-refractivity contribution in [3.05, 3.63) is 0 Å². The van der Waals surface area contributed by atoms with E-state index in [1.54, 1.807) is 5.01 Å². The predicted molar refractivity (Wildman–Crippen MR) is 44.5 cm³/mol. The Balaban J connectivity index is 2.33. The van der Waals surface area contributed by atoms with E-state index in [1.165, 1.54) is 0 Å². The summed E-state index contributed by atoms with van der Waals surface area (Å²) in [6.45, 7) is 0. The van der Waals surface area contributed by atoms with Crippen LogP contribution in [-0.2, 0) is 4.79 Å². The number of rotatable bonds is 2. The number of ketones is 1. The van der Waals surface area contributed by atoms with E-state index in [-0.39, 0.29) is 0 Å². The van der Waals surface area contributed by atoms with Gasteiger partial charge in [-0.15, -0.1) is 0 Å². The van der Waals surface area contributed by atoms with Gasteiger partial charge in [-0.2, -0.15) is 5.10 Å². The van der Waals surface area contributed by atoms with Crippen molar-refractivity contribution in [2.75, 3.05) is 14.1 Å². The van der Waals surface area contributed by atoms with Gasteiger partial charge in [0, 0.05) is 39.1 Å². The topological polar surface area (TPSA) is 32.7 Å². The molecule has 0 amide bonds. The molecule has 0 aromatic carbocycles. The zero-order chi connectivity index (χ0) is 8.27. The number of carbonyl (C=O) groups is 1. The molecule has 0 bridgehead atoms. The molecule has 3 nitrogen and oxygen atoms in total. The van der Waals surface area contributed by atoms with E-state index in [2.05, 4.69) is 5.10 Å². The van der Waals surface area contributed by atoms with Gasteiger partial charge in [-0.3, -0.25) is 4.79 Å². The Kier molecular flexibility index (Phi) is 2.63. The van der Waals surface area contributed by atoms with Crippen LogP contribution in [0.3, 0.4) is 0 Å². The molecule has 1 aliphatic carbocycles. The van der Waals surface area contributed by atoms with Gasteiger partial charge in [0.25, 0.3) is 0 Å². The van der Waals surface area contributed by atoms with Crippen molar-refractivity contribution in [3.63, 3.8) is 0 Å². The van der Waals surface area contributed by atoms with Crippen LogP contribution in [0.4, 0.5) is 0 Å². The van der Waals surface area contributed by atoms with Gasteiger partial charge in [-0.1, -0.05) is 0 Å². The maximum Gasteiger partial charge on any atom is 0.133 e. The van der Waals surface area contributed by atoms with Crippen LogP contribution in [0.15, 0.2) is 5.10 Å². The van der Waals surface area contributed by atoms with Crippen molar-refractivity contribution in [3.8, 4) is 0 Å². The lowest BCUT2D eigenvalue weighted by Gasteiger charge is -2.04. The number of hydrazone groups is 1. The van der Waals surface area contributed by atoms with E-state index < -0.39 is 0 Å². The molecule has 11 heavy (non-hydrogen) atoms. The standard InChI is InChI=1S/C8H14N2O/c1-10(2)9-6-7-3-4-8(11)5-7/h6-7H,3-5H2,1-2H3/b9-6+. The third-order valence-electron chi connectivity index (χ3n) is 1.79. The number of carbonyl (C=O) groups excluding carboxylic acids is 1. The molecular formula is C8H14N2O. The fourth-order valence-corrected chi connectivity index (χ4v) is 1.20. The summed E-state index contributed by atoms with van der Waals surface area (Å²) in [5.74, 6) is 0.769. The highest BCUT2D eigenvalue weighted by Gasteiger charge is 2.19. The van der Waals surface area contributed by atoms with Gasteiger partial charge in [0.1, 0.15) is 5.78 Å². The Hall–Kier alpha value is -0.860. The second kappa shape index (κ2) is 3.51. The zero-order valence-corrected chi connectivity index (χ0v) is 7.08. The molecule has 1 atom stereocenters. The fraction of sp³-hybridized carbons (Fsp3) is 0.750. The molecule has 0 aromatic rings. The molecule has 0 spiro atoms. The van der Waals surface area contributed by atoms with Crippen LogP contribution >= 0.6 is 0 Å². The van der Waals surface area contributed by atoms with E-state index >= 15 is 0 Å². The lowest BCUT2D eigenvalue weighted by atomic mass is 10.1. The SMILES string of the molecule is CN(C)/N=C/C1CCC(=O)C1. The molecule has 62 valence electrons. The van der Waals surface area contributed by atoms with Crippen LogP contribution < -0.4 is 0 Å². The number of hydrogen-bond acceptors (Lipinski definition) is 3. The van der Waals surface area contributed by atoms with E-state index in [0.29, 0.717) is 18.1 Å². The molecule has 0 radical (unpaired) electrons. The maximum atomic E-state index is 10.8. The molecular weight excluding hydrogens is 140 g/mol. The fourth-order valence-electron chi connectivity index (χ4n) is 1.20. The van der Waals surface area contributed by atoms with Crippen molar-refractivity contribution < 1.29 is 4.79 Å². The van der Waals surface area contributed by atoms with Crippen LogP contribution in [-0.4, -0.2) is 31.1 Å². The van der Waals surface area contributed by atoms with Gasteiger partial charge in [-0.25, -0.2) is 0 Å². The minimum atomic E-state index is 0.375. The Bertz CT molecular complexity index is 175. The van der Waals surface area contributed by atoms with Gasteiger partial charge < -0.3 is 5.01 Å². The second-order valence-corrected chi connectivity index (χ2v) is 3.15. The predicted octanol–water partition coefficient (Wildman–Crippen LogP) is 0.903. The first kappa shape index (κ1) is 8.24. The number of Topliss-reactive ketones (excluding diaryl/α,β-unsaturated/α-hetero) is 1. The van der Waals surface area contributed by atoms with Gasteiger partial charge in [-0.05, 0) is 6.42 Å². The molecule has 3 heteroatoms. The summed E-state index contributed by atoms with van der Waals surface area (Å²) in [7, 11) is 3.76. The summed E-state index contributed by atoms with van der Waals surface area (Å²) >= 11 is 0. The first-order valence-corrected chi connectivity index (χ1v) is 3.91. The van der Waals surface area contributed by atoms with E-state index in [4.69, 9.17) is 0 Å². The molecule has 1 unspecified atom stereocenters. The summed E-state index contributed by atoms with van der Waals surface area (Å²) in [6, 6.07) is 0. The van der Waals surface area contributed by atoms with Gasteiger partial charge in [0.2, 0.25) is 0 Å². The van der Waals surface area contributed by atoms with Gasteiger partial charge in [0.05, 0.1) is 0 Å². The van der Waals surface area contributed by atoms with Crippen molar-refractivity contribution in [1.29, 1.82) is 0 Å². The third kappa shape index (κ3) is 2.70. The Morgan fingerprint density at radius 2 is 2.36 bits per heavy atom. The maximum absolute atomic E-state index is 10.8. The number of nitrogens with zero attached hydrogens (tertiary/aromatic N) is 2. The van der Waals surface area contributed by atoms with Crippen molar-refractivity contribution in [2.45, 2.75) is 19.3 Å². The van der Waals surface area contributed by atoms with Gasteiger partial charge >= 0.3 is 0 Å². The van der Waals surface area contributed by atoms with Gasteiger partial charge in [0.15, 0.2) is 0 Å². The Morgan fingerprint density at radius 1 is 1.64 bits per heavy atom. The minimum absolute atomic E-state index is 0.375. The molecule has 0 aliphatic heterocycles. The highest BCUT2D eigenvalue weighted by atomic mass is 16.1. The average Bonchev–Trinajstić information content (AvgIpc) is 2.31. The molecule has 0 heterocycles. The van der Waals surface area contributed by atoms with E-state index in [9.17, 15) is 4.79 Å². The lowest BCUT2D eigenvalue weighted by Crippen LogP contribution is -2.05. The van der Waals surface area contributed by atoms with Crippen LogP contribution in [0.5, 0.6) is 0 Å². The van der Waals surface area contributed by atoms with Crippen molar-refractivity contribution in [1.82, 2.24) is 5.01 Å². The highest BCUT2D eigenvalue weighted by molar-refractivity contribution is 5.85. The summed E-state index contributed by atoms with van der Waals surface area (Å²) < 4.78 is 0. The normalized spacial score (nSPS) is 24.9. The highest BCUT2D eigenvalue weighted by Crippen LogP contribution is 2.19. The van der Waals surface area contributed by atoms with E-state index in [0.717, 1.165) is 12.8 Å². The third-order valence-corrected chi connectivity index (χ3v) is 1.79. The minimum Gasteiger partial charge on any atom is -0.303 e. The second-order valence-electron chi connectivity index (χ2n) is 3.15. The van der Waals surface area contributed by atoms with Crippen LogP contribution in [0.2, 0.25) is 0 Å². The number of hydrogen-bond donors (Lipinski definition) is 0. The summed E-state index contributed by atoms with van der Waals surface area (Å²) in [5, 5.41) is 5.85. The Morgan fingerprint density at radius 3 is 2.82 bits per heavy atom. The molecule has 1 aliphatic rings. The van der Waals surface area contributed by atoms with E-state index in [1.807, 2.05) is 20.3 Å². The van der Waals surface area contributed by atoms with Crippen molar-refractivity contribution in [2.24, 2.45) is 11.0 Å². The molecule has 1 rings (SSSR count). The molecule has 0 N–H and O–H groups in total. The monoisotopic (exact) mass is 154 g/mol. The summed E-state index contributed by atoms with van der Waals surface area (Å²) in [4.78, 5) is 10.8. The first-order chi connectivity index (χ1) is 5.18. The smallest absolute Gasteiger partial charge is 0.133 e. The molecule has 1 fully saturated rings.